The maximum Gasteiger partial charge on any atom is 0.255 e. The molecule has 0 aliphatic heterocycles. The van der Waals surface area contributed by atoms with Crippen molar-refractivity contribution in [3.8, 4) is 0 Å². The molecule has 0 fully saturated rings. The van der Waals surface area contributed by atoms with E-state index in [0.29, 0.717) is 4.90 Å². The average Bonchev–Trinajstić information content (AvgIpc) is 2.32. The Balaban J connectivity index is 2.98. The Labute approximate surface area is 125 Å². The van der Waals surface area contributed by atoms with Gasteiger partial charge in [0.25, 0.3) is 5.24 Å². The van der Waals surface area contributed by atoms with E-state index in [1.807, 2.05) is 13.8 Å². The summed E-state index contributed by atoms with van der Waals surface area (Å²) >= 11 is 12.0. The SMILES string of the molecule is CCCC(C)C(=O)Sc1cc(C(=O)Cl)c(F)cc1Cl. The fourth-order valence-electron chi connectivity index (χ4n) is 1.52. The molecule has 1 unspecified atom stereocenters. The van der Waals surface area contributed by atoms with Crippen LogP contribution in [0.25, 0.3) is 0 Å². The van der Waals surface area contributed by atoms with Crippen molar-refractivity contribution in [2.75, 3.05) is 0 Å². The van der Waals surface area contributed by atoms with Gasteiger partial charge in [-0.05, 0) is 30.2 Å². The summed E-state index contributed by atoms with van der Waals surface area (Å²) in [4.78, 5) is 23.3. The van der Waals surface area contributed by atoms with Crippen molar-refractivity contribution in [1.29, 1.82) is 0 Å². The zero-order valence-corrected chi connectivity index (χ0v) is 12.8. The van der Waals surface area contributed by atoms with Crippen LogP contribution in [0.4, 0.5) is 4.39 Å². The molecule has 0 amide bonds. The number of thioether (sulfide) groups is 1. The topological polar surface area (TPSA) is 34.1 Å². The Morgan fingerprint density at radius 1 is 1.42 bits per heavy atom. The highest BCUT2D eigenvalue weighted by Crippen LogP contribution is 2.33. The summed E-state index contributed by atoms with van der Waals surface area (Å²) in [6.45, 7) is 3.81. The van der Waals surface area contributed by atoms with Gasteiger partial charge < -0.3 is 0 Å². The van der Waals surface area contributed by atoms with E-state index in [4.69, 9.17) is 23.2 Å². The van der Waals surface area contributed by atoms with Gasteiger partial charge in [-0.15, -0.1) is 0 Å². The molecule has 0 saturated carbocycles. The van der Waals surface area contributed by atoms with Crippen LogP contribution in [-0.2, 0) is 4.79 Å². The van der Waals surface area contributed by atoms with Crippen LogP contribution in [0.1, 0.15) is 37.0 Å². The molecule has 1 aromatic carbocycles. The molecule has 1 atom stereocenters. The number of hydrogen-bond donors (Lipinski definition) is 0. The predicted molar refractivity (Wildman–Crippen MR) is 76.5 cm³/mol. The molecule has 2 nitrogen and oxygen atoms in total. The Bertz CT molecular complexity index is 506. The highest BCUT2D eigenvalue weighted by Gasteiger charge is 2.19. The molecule has 0 N–H and O–H groups in total. The number of rotatable bonds is 5. The third kappa shape index (κ3) is 4.48. The van der Waals surface area contributed by atoms with Crippen molar-refractivity contribution >= 4 is 45.3 Å². The number of carbonyl (C=O) groups excluding carboxylic acids is 2. The van der Waals surface area contributed by atoms with Gasteiger partial charge in [-0.2, -0.15) is 0 Å². The van der Waals surface area contributed by atoms with Crippen molar-refractivity contribution in [2.24, 2.45) is 5.92 Å². The molecule has 1 rings (SSSR count). The van der Waals surface area contributed by atoms with E-state index < -0.39 is 11.1 Å². The van der Waals surface area contributed by atoms with Crippen LogP contribution in [0.5, 0.6) is 0 Å². The Morgan fingerprint density at radius 3 is 2.58 bits per heavy atom. The quantitative estimate of drug-likeness (QED) is 0.570. The van der Waals surface area contributed by atoms with E-state index in [0.717, 1.165) is 30.7 Å². The van der Waals surface area contributed by atoms with Crippen molar-refractivity contribution in [3.63, 3.8) is 0 Å². The van der Waals surface area contributed by atoms with E-state index in [9.17, 15) is 14.0 Å². The molecule has 0 heterocycles. The first kappa shape index (κ1) is 16.5. The van der Waals surface area contributed by atoms with Gasteiger partial charge in [0, 0.05) is 10.8 Å². The van der Waals surface area contributed by atoms with Gasteiger partial charge in [0.05, 0.1) is 10.6 Å². The third-order valence-corrected chi connectivity index (χ3v) is 4.36. The predicted octanol–water partition coefficient (Wildman–Crippen LogP) is 4.91. The van der Waals surface area contributed by atoms with Crippen LogP contribution >= 0.6 is 35.0 Å². The molecule has 0 bridgehead atoms. The maximum atomic E-state index is 13.4. The van der Waals surface area contributed by atoms with Gasteiger partial charge in [0.2, 0.25) is 0 Å². The van der Waals surface area contributed by atoms with Crippen molar-refractivity contribution in [3.05, 3.63) is 28.5 Å². The summed E-state index contributed by atoms with van der Waals surface area (Å²) < 4.78 is 13.4. The summed E-state index contributed by atoms with van der Waals surface area (Å²) in [5.74, 6) is -0.908. The summed E-state index contributed by atoms with van der Waals surface area (Å²) in [6.07, 6.45) is 1.67. The van der Waals surface area contributed by atoms with Gasteiger partial charge in [0.15, 0.2) is 5.12 Å². The van der Waals surface area contributed by atoms with Gasteiger partial charge in [-0.25, -0.2) is 4.39 Å². The van der Waals surface area contributed by atoms with E-state index in [1.54, 1.807) is 0 Å². The first-order valence-corrected chi connectivity index (χ1v) is 7.34. The second-order valence-electron chi connectivity index (χ2n) is 4.15. The van der Waals surface area contributed by atoms with Crippen LogP contribution in [0.2, 0.25) is 5.02 Å². The van der Waals surface area contributed by atoms with Gasteiger partial charge in [-0.3, -0.25) is 9.59 Å². The lowest BCUT2D eigenvalue weighted by molar-refractivity contribution is -0.114. The third-order valence-electron chi connectivity index (χ3n) is 2.57. The first-order valence-electron chi connectivity index (χ1n) is 5.77. The Morgan fingerprint density at radius 2 is 2.05 bits per heavy atom. The molecular weight excluding hydrogens is 310 g/mol. The van der Waals surface area contributed by atoms with Crippen LogP contribution in [0.3, 0.4) is 0 Å². The van der Waals surface area contributed by atoms with E-state index in [-0.39, 0.29) is 21.6 Å². The maximum absolute atomic E-state index is 13.4. The standard InChI is InChI=1S/C13H13Cl2FO2S/c1-3-4-7(2)13(18)19-11-5-8(12(15)17)10(16)6-9(11)14/h5-7H,3-4H2,1-2H3. The molecule has 0 saturated heterocycles. The Kier molecular flexibility index (Phi) is 6.30. The summed E-state index contributed by atoms with van der Waals surface area (Å²) in [6, 6.07) is 2.21. The first-order chi connectivity index (χ1) is 8.86. The molecule has 0 spiro atoms. The normalized spacial score (nSPS) is 12.3. The second kappa shape index (κ2) is 7.27. The van der Waals surface area contributed by atoms with Crippen LogP contribution in [0.15, 0.2) is 17.0 Å². The van der Waals surface area contributed by atoms with Gasteiger partial charge >= 0.3 is 0 Å². The largest absolute Gasteiger partial charge is 0.287 e. The van der Waals surface area contributed by atoms with Gasteiger partial charge in [0.1, 0.15) is 5.82 Å². The van der Waals surface area contributed by atoms with Crippen LogP contribution in [0, 0.1) is 11.7 Å². The molecule has 6 heteroatoms. The monoisotopic (exact) mass is 322 g/mol. The summed E-state index contributed by atoms with van der Waals surface area (Å²) in [7, 11) is 0. The highest BCUT2D eigenvalue weighted by molar-refractivity contribution is 8.13. The molecular formula is C13H13Cl2FO2S. The highest BCUT2D eigenvalue weighted by atomic mass is 35.5. The van der Waals surface area contributed by atoms with Crippen molar-refractivity contribution in [2.45, 2.75) is 31.6 Å². The lowest BCUT2D eigenvalue weighted by Crippen LogP contribution is -2.06. The minimum Gasteiger partial charge on any atom is -0.287 e. The van der Waals surface area contributed by atoms with Crippen LogP contribution in [-0.4, -0.2) is 10.4 Å². The smallest absolute Gasteiger partial charge is 0.255 e. The minimum absolute atomic E-state index is 0.0664. The average molecular weight is 323 g/mol. The molecule has 0 radical (unpaired) electrons. The Hall–Kier alpha value is -0.580. The van der Waals surface area contributed by atoms with E-state index in [2.05, 4.69) is 0 Å². The zero-order chi connectivity index (χ0) is 14.6. The fraction of sp³-hybridized carbons (Fsp3) is 0.385. The molecule has 0 aliphatic carbocycles. The number of hydrogen-bond acceptors (Lipinski definition) is 3. The molecule has 19 heavy (non-hydrogen) atoms. The fourth-order valence-corrected chi connectivity index (χ4v) is 2.80. The summed E-state index contributed by atoms with van der Waals surface area (Å²) in [5, 5.41) is -0.880. The number of halogens is 3. The van der Waals surface area contributed by atoms with E-state index >= 15 is 0 Å². The minimum atomic E-state index is -0.912. The lowest BCUT2D eigenvalue weighted by Gasteiger charge is -2.10. The van der Waals surface area contributed by atoms with E-state index in [1.165, 1.54) is 6.07 Å². The number of carbonyl (C=O) groups is 2. The summed E-state index contributed by atoms with van der Waals surface area (Å²) in [5.41, 5.74) is -0.274. The molecule has 104 valence electrons. The lowest BCUT2D eigenvalue weighted by atomic mass is 10.1. The van der Waals surface area contributed by atoms with Gasteiger partial charge in [-0.1, -0.05) is 43.6 Å². The van der Waals surface area contributed by atoms with Crippen molar-refractivity contribution < 1.29 is 14.0 Å². The number of benzene rings is 1. The second-order valence-corrected chi connectivity index (χ2v) is 5.94. The van der Waals surface area contributed by atoms with Crippen LogP contribution < -0.4 is 0 Å². The zero-order valence-electron chi connectivity index (χ0n) is 10.5. The molecule has 0 aromatic heterocycles. The van der Waals surface area contributed by atoms with Crippen molar-refractivity contribution in [1.82, 2.24) is 0 Å². The molecule has 1 aromatic rings. The molecule has 0 aliphatic rings.